The van der Waals surface area contributed by atoms with E-state index in [2.05, 4.69) is 5.32 Å². The van der Waals surface area contributed by atoms with Crippen molar-refractivity contribution in [2.45, 2.75) is 0 Å². The summed E-state index contributed by atoms with van der Waals surface area (Å²) in [6.07, 6.45) is 0. The van der Waals surface area contributed by atoms with Gasteiger partial charge in [0.1, 0.15) is 17.3 Å². The standard InChI is InChI=1S/C14H12FNO3/c15-10-3-1-6-13(7-10)19-9-14(18)16-11-4-2-5-12(17)8-11/h1-8,17H,9H2,(H,16,18). The molecule has 0 atom stereocenters. The summed E-state index contributed by atoms with van der Waals surface area (Å²) in [7, 11) is 0. The molecule has 19 heavy (non-hydrogen) atoms. The molecule has 1 amide bonds. The summed E-state index contributed by atoms with van der Waals surface area (Å²) in [5.74, 6) is -0.476. The monoisotopic (exact) mass is 261 g/mol. The number of aromatic hydroxyl groups is 1. The van der Waals surface area contributed by atoms with Gasteiger partial charge in [0.15, 0.2) is 6.61 Å². The molecule has 2 rings (SSSR count). The quantitative estimate of drug-likeness (QED) is 0.889. The first-order valence-electron chi connectivity index (χ1n) is 5.61. The lowest BCUT2D eigenvalue weighted by molar-refractivity contribution is -0.118. The number of hydrogen-bond donors (Lipinski definition) is 2. The van der Waals surface area contributed by atoms with E-state index in [-0.39, 0.29) is 18.1 Å². The molecule has 0 aliphatic heterocycles. The molecule has 0 fully saturated rings. The van der Waals surface area contributed by atoms with Crippen LogP contribution in [-0.2, 0) is 4.79 Å². The number of halogens is 1. The minimum absolute atomic E-state index is 0.0591. The Bertz CT molecular complexity index is 586. The van der Waals surface area contributed by atoms with Crippen molar-refractivity contribution in [2.75, 3.05) is 11.9 Å². The van der Waals surface area contributed by atoms with Crippen molar-refractivity contribution in [1.82, 2.24) is 0 Å². The largest absolute Gasteiger partial charge is 0.508 e. The predicted octanol–water partition coefficient (Wildman–Crippen LogP) is 2.55. The van der Waals surface area contributed by atoms with Crippen LogP contribution in [0.1, 0.15) is 0 Å². The summed E-state index contributed by atoms with van der Waals surface area (Å²) >= 11 is 0. The second-order valence-corrected chi connectivity index (χ2v) is 3.84. The van der Waals surface area contributed by atoms with Gasteiger partial charge in [0, 0.05) is 17.8 Å². The molecule has 98 valence electrons. The van der Waals surface area contributed by atoms with Crippen LogP contribution in [0.25, 0.3) is 0 Å². The van der Waals surface area contributed by atoms with E-state index in [1.807, 2.05) is 0 Å². The van der Waals surface area contributed by atoms with Crippen LogP contribution < -0.4 is 10.1 Å². The number of amides is 1. The molecule has 0 aromatic heterocycles. The molecule has 0 saturated carbocycles. The summed E-state index contributed by atoms with van der Waals surface area (Å²) in [4.78, 5) is 11.6. The van der Waals surface area contributed by atoms with E-state index < -0.39 is 11.7 Å². The summed E-state index contributed by atoms with van der Waals surface area (Å²) in [6, 6.07) is 11.7. The second-order valence-electron chi connectivity index (χ2n) is 3.84. The minimum Gasteiger partial charge on any atom is -0.508 e. The molecular formula is C14H12FNO3. The lowest BCUT2D eigenvalue weighted by Crippen LogP contribution is -2.20. The van der Waals surface area contributed by atoms with Gasteiger partial charge in [-0.2, -0.15) is 0 Å². The summed E-state index contributed by atoms with van der Waals surface area (Å²) < 4.78 is 18.0. The Hall–Kier alpha value is -2.56. The van der Waals surface area contributed by atoms with Crippen molar-refractivity contribution in [3.8, 4) is 11.5 Å². The van der Waals surface area contributed by atoms with E-state index in [1.165, 1.54) is 30.3 Å². The van der Waals surface area contributed by atoms with E-state index in [1.54, 1.807) is 18.2 Å². The summed E-state index contributed by atoms with van der Waals surface area (Å²) in [6.45, 7) is -0.237. The number of hydrogen-bond acceptors (Lipinski definition) is 3. The van der Waals surface area contributed by atoms with Crippen molar-refractivity contribution in [3.63, 3.8) is 0 Å². The Balaban J connectivity index is 1.88. The van der Waals surface area contributed by atoms with Gasteiger partial charge in [0.25, 0.3) is 5.91 Å². The van der Waals surface area contributed by atoms with E-state index >= 15 is 0 Å². The number of nitrogens with one attached hydrogen (secondary N) is 1. The van der Waals surface area contributed by atoms with Gasteiger partial charge in [-0.05, 0) is 24.3 Å². The third-order valence-corrected chi connectivity index (χ3v) is 2.30. The van der Waals surface area contributed by atoms with E-state index in [0.717, 1.165) is 0 Å². The molecule has 0 saturated heterocycles. The first-order chi connectivity index (χ1) is 9.13. The van der Waals surface area contributed by atoms with Crippen LogP contribution in [0.3, 0.4) is 0 Å². The smallest absolute Gasteiger partial charge is 0.262 e. The number of phenols is 1. The molecule has 4 nitrogen and oxygen atoms in total. The second kappa shape index (κ2) is 5.86. The maximum Gasteiger partial charge on any atom is 0.262 e. The van der Waals surface area contributed by atoms with Crippen LogP contribution in [0.5, 0.6) is 11.5 Å². The van der Waals surface area contributed by atoms with Crippen LogP contribution in [0.15, 0.2) is 48.5 Å². The first-order valence-corrected chi connectivity index (χ1v) is 5.61. The number of ether oxygens (including phenoxy) is 1. The van der Waals surface area contributed by atoms with Crippen molar-refractivity contribution in [2.24, 2.45) is 0 Å². The number of carbonyl (C=O) groups is 1. The molecule has 5 heteroatoms. The Morgan fingerprint density at radius 3 is 2.74 bits per heavy atom. The van der Waals surface area contributed by atoms with Crippen LogP contribution in [-0.4, -0.2) is 17.6 Å². The third-order valence-electron chi connectivity index (χ3n) is 2.30. The van der Waals surface area contributed by atoms with Crippen molar-refractivity contribution < 1.29 is 19.0 Å². The zero-order chi connectivity index (χ0) is 13.7. The minimum atomic E-state index is -0.425. The fraction of sp³-hybridized carbons (Fsp3) is 0.0714. The number of rotatable bonds is 4. The van der Waals surface area contributed by atoms with E-state index in [9.17, 15) is 14.3 Å². The molecule has 2 N–H and O–H groups in total. The zero-order valence-corrected chi connectivity index (χ0v) is 9.97. The molecule has 0 spiro atoms. The lowest BCUT2D eigenvalue weighted by atomic mass is 10.3. The van der Waals surface area contributed by atoms with Crippen LogP contribution >= 0.6 is 0 Å². The van der Waals surface area contributed by atoms with Gasteiger partial charge in [-0.25, -0.2) is 4.39 Å². The number of carbonyl (C=O) groups excluding carboxylic acids is 1. The van der Waals surface area contributed by atoms with Gasteiger partial charge in [0.05, 0.1) is 0 Å². The predicted molar refractivity (Wildman–Crippen MR) is 68.6 cm³/mol. The molecule has 2 aromatic rings. The van der Waals surface area contributed by atoms with E-state index in [4.69, 9.17) is 4.74 Å². The van der Waals surface area contributed by atoms with Crippen molar-refractivity contribution in [3.05, 3.63) is 54.3 Å². The van der Waals surface area contributed by atoms with Gasteiger partial charge < -0.3 is 15.2 Å². The highest BCUT2D eigenvalue weighted by atomic mass is 19.1. The fourth-order valence-corrected chi connectivity index (χ4v) is 1.49. The maximum atomic E-state index is 12.9. The lowest BCUT2D eigenvalue weighted by Gasteiger charge is -2.07. The SMILES string of the molecule is O=C(COc1cccc(F)c1)Nc1cccc(O)c1. The third kappa shape index (κ3) is 3.99. The van der Waals surface area contributed by atoms with Crippen LogP contribution in [0, 0.1) is 5.82 Å². The Morgan fingerprint density at radius 2 is 2.00 bits per heavy atom. The molecule has 0 radical (unpaired) electrons. The maximum absolute atomic E-state index is 12.9. The molecule has 0 aliphatic carbocycles. The highest BCUT2D eigenvalue weighted by Gasteiger charge is 2.04. The Morgan fingerprint density at radius 1 is 1.21 bits per heavy atom. The summed E-state index contributed by atoms with van der Waals surface area (Å²) in [5.41, 5.74) is 0.466. The molecule has 0 unspecified atom stereocenters. The van der Waals surface area contributed by atoms with Gasteiger partial charge in [-0.15, -0.1) is 0 Å². The highest BCUT2D eigenvalue weighted by molar-refractivity contribution is 5.92. The Kier molecular flexibility index (Phi) is 3.97. The highest BCUT2D eigenvalue weighted by Crippen LogP contribution is 2.15. The van der Waals surface area contributed by atoms with Gasteiger partial charge in [-0.1, -0.05) is 12.1 Å². The van der Waals surface area contributed by atoms with E-state index in [0.29, 0.717) is 5.69 Å². The molecule has 0 heterocycles. The molecule has 0 aliphatic rings. The molecule has 0 bridgehead atoms. The number of phenolic OH excluding ortho intramolecular Hbond substituents is 1. The van der Waals surface area contributed by atoms with Crippen LogP contribution in [0.4, 0.5) is 10.1 Å². The first kappa shape index (κ1) is 12.9. The number of benzene rings is 2. The Labute approximate surface area is 109 Å². The van der Waals surface area contributed by atoms with Crippen LogP contribution in [0.2, 0.25) is 0 Å². The van der Waals surface area contributed by atoms with Crippen molar-refractivity contribution >= 4 is 11.6 Å². The number of anilines is 1. The molecule has 2 aromatic carbocycles. The topological polar surface area (TPSA) is 58.6 Å². The summed E-state index contributed by atoms with van der Waals surface area (Å²) in [5, 5.41) is 11.8. The van der Waals surface area contributed by atoms with Crippen molar-refractivity contribution in [1.29, 1.82) is 0 Å². The average molecular weight is 261 g/mol. The van der Waals surface area contributed by atoms with Gasteiger partial charge in [-0.3, -0.25) is 4.79 Å². The zero-order valence-electron chi connectivity index (χ0n) is 9.97. The average Bonchev–Trinajstić information content (AvgIpc) is 2.36. The van der Waals surface area contributed by atoms with Gasteiger partial charge in [0.2, 0.25) is 0 Å². The normalized spacial score (nSPS) is 9.95. The van der Waals surface area contributed by atoms with Gasteiger partial charge >= 0.3 is 0 Å². The molecular weight excluding hydrogens is 249 g/mol. The fourth-order valence-electron chi connectivity index (χ4n) is 1.49.